The lowest BCUT2D eigenvalue weighted by molar-refractivity contribution is -0.126. The minimum absolute atomic E-state index is 0.277. The van der Waals surface area contributed by atoms with Gasteiger partial charge in [-0.25, -0.2) is 0 Å². The van der Waals surface area contributed by atoms with Gasteiger partial charge in [-0.05, 0) is 50.2 Å². The van der Waals surface area contributed by atoms with Crippen molar-refractivity contribution in [1.29, 1.82) is 0 Å². The molecule has 1 unspecified atom stereocenters. The number of benzene rings is 1. The summed E-state index contributed by atoms with van der Waals surface area (Å²) < 4.78 is 5.93. The Labute approximate surface area is 119 Å². The average molecular weight is 274 g/mol. The van der Waals surface area contributed by atoms with E-state index in [-0.39, 0.29) is 5.91 Å². The summed E-state index contributed by atoms with van der Waals surface area (Å²) >= 11 is 0. The minimum Gasteiger partial charge on any atom is -0.491 e. The van der Waals surface area contributed by atoms with Gasteiger partial charge in [-0.1, -0.05) is 18.2 Å². The Hall–Kier alpha value is -1.55. The SMILES string of the molecule is Cc1ccccc1OCC(NC1CC1)(C(N)=O)C1CC1. The zero-order valence-electron chi connectivity index (χ0n) is 11.9. The monoisotopic (exact) mass is 274 g/mol. The van der Waals surface area contributed by atoms with E-state index >= 15 is 0 Å². The summed E-state index contributed by atoms with van der Waals surface area (Å²) in [7, 11) is 0. The molecule has 2 saturated carbocycles. The number of ether oxygens (including phenoxy) is 1. The molecule has 0 radical (unpaired) electrons. The zero-order chi connectivity index (χ0) is 14.2. The van der Waals surface area contributed by atoms with E-state index < -0.39 is 5.54 Å². The fourth-order valence-corrected chi connectivity index (χ4v) is 2.70. The van der Waals surface area contributed by atoms with Crippen LogP contribution in [0.5, 0.6) is 5.75 Å². The second kappa shape index (κ2) is 5.09. The van der Waals surface area contributed by atoms with Crippen LogP contribution in [0.4, 0.5) is 0 Å². The highest BCUT2D eigenvalue weighted by molar-refractivity contribution is 5.86. The van der Waals surface area contributed by atoms with Crippen LogP contribution in [0.15, 0.2) is 24.3 Å². The molecule has 4 heteroatoms. The van der Waals surface area contributed by atoms with Gasteiger partial charge in [-0.15, -0.1) is 0 Å². The Morgan fingerprint density at radius 2 is 2.05 bits per heavy atom. The number of hydrogen-bond acceptors (Lipinski definition) is 3. The van der Waals surface area contributed by atoms with Crippen LogP contribution >= 0.6 is 0 Å². The molecule has 0 spiro atoms. The van der Waals surface area contributed by atoms with Gasteiger partial charge < -0.3 is 10.5 Å². The van der Waals surface area contributed by atoms with Crippen LogP contribution in [-0.2, 0) is 4.79 Å². The van der Waals surface area contributed by atoms with E-state index in [1.165, 1.54) is 0 Å². The van der Waals surface area contributed by atoms with Gasteiger partial charge >= 0.3 is 0 Å². The van der Waals surface area contributed by atoms with Gasteiger partial charge in [0.1, 0.15) is 17.9 Å². The predicted molar refractivity (Wildman–Crippen MR) is 77.5 cm³/mol. The van der Waals surface area contributed by atoms with E-state index in [1.807, 2.05) is 31.2 Å². The first kappa shape index (κ1) is 13.4. The Bertz CT molecular complexity index is 509. The summed E-state index contributed by atoms with van der Waals surface area (Å²) in [5.74, 6) is 0.876. The molecule has 0 aliphatic heterocycles. The number of nitrogens with two attached hydrogens (primary N) is 1. The summed E-state index contributed by atoms with van der Waals surface area (Å²) in [6.07, 6.45) is 4.37. The largest absolute Gasteiger partial charge is 0.491 e. The Balaban J connectivity index is 1.75. The summed E-state index contributed by atoms with van der Waals surface area (Å²) in [5.41, 5.74) is 6.10. The number of primary amides is 1. The Morgan fingerprint density at radius 1 is 1.35 bits per heavy atom. The maximum absolute atomic E-state index is 12.1. The van der Waals surface area contributed by atoms with Gasteiger partial charge in [-0.2, -0.15) is 0 Å². The third-order valence-electron chi connectivity index (χ3n) is 4.30. The summed E-state index contributed by atoms with van der Waals surface area (Å²) in [4.78, 5) is 12.1. The maximum Gasteiger partial charge on any atom is 0.241 e. The van der Waals surface area contributed by atoms with Crippen LogP contribution in [0, 0.1) is 12.8 Å². The van der Waals surface area contributed by atoms with Crippen molar-refractivity contribution in [3.63, 3.8) is 0 Å². The lowest BCUT2D eigenvalue weighted by Crippen LogP contribution is -2.61. The molecular weight excluding hydrogens is 252 g/mol. The van der Waals surface area contributed by atoms with E-state index in [1.54, 1.807) is 0 Å². The van der Waals surface area contributed by atoms with E-state index in [4.69, 9.17) is 10.5 Å². The highest BCUT2D eigenvalue weighted by Gasteiger charge is 2.52. The molecule has 108 valence electrons. The lowest BCUT2D eigenvalue weighted by Gasteiger charge is -2.32. The normalized spacial score (nSPS) is 21.2. The summed E-state index contributed by atoms with van der Waals surface area (Å²) in [6.45, 7) is 2.33. The van der Waals surface area contributed by atoms with Crippen LogP contribution in [0.1, 0.15) is 31.2 Å². The number of para-hydroxylation sites is 1. The molecule has 2 aliphatic rings. The predicted octanol–water partition coefficient (Wildman–Crippen LogP) is 1.76. The van der Waals surface area contributed by atoms with Crippen molar-refractivity contribution in [3.8, 4) is 5.75 Å². The molecule has 3 N–H and O–H groups in total. The van der Waals surface area contributed by atoms with Gasteiger partial charge in [0.2, 0.25) is 5.91 Å². The minimum atomic E-state index is -0.691. The summed E-state index contributed by atoms with van der Waals surface area (Å²) in [6, 6.07) is 8.30. The van der Waals surface area contributed by atoms with Crippen LogP contribution in [0.25, 0.3) is 0 Å². The Kier molecular flexibility index (Phi) is 3.42. The van der Waals surface area contributed by atoms with Crippen molar-refractivity contribution in [2.45, 2.75) is 44.2 Å². The number of carbonyl (C=O) groups excluding carboxylic acids is 1. The number of carbonyl (C=O) groups is 1. The molecule has 3 rings (SSSR count). The molecule has 4 nitrogen and oxygen atoms in total. The van der Waals surface area contributed by atoms with Crippen molar-refractivity contribution < 1.29 is 9.53 Å². The van der Waals surface area contributed by atoms with E-state index in [0.717, 1.165) is 37.0 Å². The van der Waals surface area contributed by atoms with Gasteiger partial charge in [0.15, 0.2) is 0 Å². The first-order valence-corrected chi connectivity index (χ1v) is 7.38. The third kappa shape index (κ3) is 2.66. The summed E-state index contributed by atoms with van der Waals surface area (Å²) in [5, 5.41) is 3.46. The molecule has 1 atom stereocenters. The van der Waals surface area contributed by atoms with Gasteiger partial charge in [0.05, 0.1) is 0 Å². The fourth-order valence-electron chi connectivity index (χ4n) is 2.70. The standard InChI is InChI=1S/C16H22N2O2/c1-11-4-2-3-5-14(11)20-10-16(15(17)19,12-6-7-12)18-13-8-9-13/h2-5,12-13,18H,6-10H2,1H3,(H2,17,19). The smallest absolute Gasteiger partial charge is 0.241 e. The molecule has 1 amide bonds. The van der Waals surface area contributed by atoms with Crippen LogP contribution in [0.3, 0.4) is 0 Å². The van der Waals surface area contributed by atoms with Crippen molar-refractivity contribution in [2.24, 2.45) is 11.7 Å². The molecule has 0 aromatic heterocycles. The second-order valence-electron chi connectivity index (χ2n) is 6.08. The molecule has 0 saturated heterocycles. The highest BCUT2D eigenvalue weighted by Crippen LogP contribution is 2.42. The van der Waals surface area contributed by atoms with E-state index in [9.17, 15) is 4.79 Å². The topological polar surface area (TPSA) is 64.3 Å². The van der Waals surface area contributed by atoms with Gasteiger partial charge in [0, 0.05) is 6.04 Å². The maximum atomic E-state index is 12.1. The van der Waals surface area contributed by atoms with Gasteiger partial charge in [-0.3, -0.25) is 10.1 Å². The zero-order valence-corrected chi connectivity index (χ0v) is 11.9. The molecular formula is C16H22N2O2. The molecule has 20 heavy (non-hydrogen) atoms. The molecule has 2 aliphatic carbocycles. The third-order valence-corrected chi connectivity index (χ3v) is 4.30. The van der Waals surface area contributed by atoms with Crippen LogP contribution in [0.2, 0.25) is 0 Å². The first-order chi connectivity index (χ1) is 9.62. The van der Waals surface area contributed by atoms with Crippen molar-refractivity contribution in [1.82, 2.24) is 5.32 Å². The highest BCUT2D eigenvalue weighted by atomic mass is 16.5. The number of hydrogen-bond donors (Lipinski definition) is 2. The van der Waals surface area contributed by atoms with Crippen molar-refractivity contribution in [2.75, 3.05) is 6.61 Å². The van der Waals surface area contributed by atoms with Gasteiger partial charge in [0.25, 0.3) is 0 Å². The Morgan fingerprint density at radius 3 is 2.60 bits per heavy atom. The van der Waals surface area contributed by atoms with E-state index in [0.29, 0.717) is 18.6 Å². The molecule has 1 aromatic rings. The first-order valence-electron chi connectivity index (χ1n) is 7.38. The number of aryl methyl sites for hydroxylation is 1. The number of rotatable bonds is 7. The molecule has 1 aromatic carbocycles. The fraction of sp³-hybridized carbons (Fsp3) is 0.562. The van der Waals surface area contributed by atoms with Crippen molar-refractivity contribution >= 4 is 5.91 Å². The molecule has 0 heterocycles. The molecule has 2 fully saturated rings. The number of amides is 1. The van der Waals surface area contributed by atoms with Crippen LogP contribution < -0.4 is 15.8 Å². The van der Waals surface area contributed by atoms with E-state index in [2.05, 4.69) is 5.32 Å². The lowest BCUT2D eigenvalue weighted by atomic mass is 9.93. The average Bonchev–Trinajstić information content (AvgIpc) is 3.27. The van der Waals surface area contributed by atoms with Crippen LogP contribution in [-0.4, -0.2) is 24.1 Å². The second-order valence-corrected chi connectivity index (χ2v) is 6.08. The quantitative estimate of drug-likeness (QED) is 0.796. The molecule has 0 bridgehead atoms. The number of nitrogens with one attached hydrogen (secondary N) is 1. The van der Waals surface area contributed by atoms with Crippen molar-refractivity contribution in [3.05, 3.63) is 29.8 Å².